The number of benzene rings is 1. The van der Waals surface area contributed by atoms with Crippen LogP contribution in [0.25, 0.3) is 0 Å². The minimum atomic E-state index is 0.403. The van der Waals surface area contributed by atoms with E-state index in [1.165, 1.54) is 82.6 Å². The van der Waals surface area contributed by atoms with Gasteiger partial charge in [0.15, 0.2) is 0 Å². The molecule has 0 saturated carbocycles. The van der Waals surface area contributed by atoms with Crippen LogP contribution in [0.3, 0.4) is 0 Å². The van der Waals surface area contributed by atoms with Crippen molar-refractivity contribution in [3.05, 3.63) is 29.8 Å². The molecule has 0 spiro atoms. The normalized spacial score (nSPS) is 12.3. The zero-order valence-electron chi connectivity index (χ0n) is 15.8. The fraction of sp³-hybridized carbons (Fsp3) is 0.727. The maximum absolute atomic E-state index is 6.28. The molecule has 1 aromatic carbocycles. The van der Waals surface area contributed by atoms with Crippen molar-refractivity contribution < 1.29 is 4.74 Å². The first-order chi connectivity index (χ1) is 11.3. The van der Waals surface area contributed by atoms with Crippen molar-refractivity contribution in [3.63, 3.8) is 0 Å². The van der Waals surface area contributed by atoms with Crippen molar-refractivity contribution in [1.82, 2.24) is 0 Å². The van der Waals surface area contributed by atoms with Crippen LogP contribution in [0.15, 0.2) is 24.3 Å². The Balaban J connectivity index is 2.33. The third-order valence-electron chi connectivity index (χ3n) is 4.58. The first-order valence-corrected chi connectivity index (χ1v) is 9.99. The van der Waals surface area contributed by atoms with E-state index in [1.807, 2.05) is 0 Å². The average Bonchev–Trinajstić information content (AvgIpc) is 2.56. The Labute approximate surface area is 144 Å². The summed E-state index contributed by atoms with van der Waals surface area (Å²) in [7, 11) is 0. The minimum absolute atomic E-state index is 0.403. The third-order valence-corrected chi connectivity index (χ3v) is 4.58. The predicted molar refractivity (Wildman–Crippen MR) is 102 cm³/mol. The lowest BCUT2D eigenvalue weighted by Crippen LogP contribution is -2.16. The smallest absolute Gasteiger partial charge is 0.119 e. The molecule has 0 amide bonds. The fourth-order valence-electron chi connectivity index (χ4n) is 3.02. The van der Waals surface area contributed by atoms with Gasteiger partial charge in [-0.3, -0.25) is 0 Å². The quantitative estimate of drug-likeness (QED) is 0.323. The molecule has 0 radical (unpaired) electrons. The summed E-state index contributed by atoms with van der Waals surface area (Å²) in [6.07, 6.45) is 16.3. The number of ether oxygens (including phenoxy) is 1. The Bertz CT molecular complexity index is 368. The molecule has 0 aliphatic rings. The predicted octanol–water partition coefficient (Wildman–Crippen LogP) is 7.46. The largest absolute Gasteiger partial charge is 0.490 e. The van der Waals surface area contributed by atoms with E-state index < -0.39 is 0 Å². The SMILES string of the molecule is CCCCCCCCC(CCCCCC)Oc1ccc(C)cc1. The molecule has 23 heavy (non-hydrogen) atoms. The first kappa shape index (κ1) is 20.1. The molecule has 1 atom stereocenters. The van der Waals surface area contributed by atoms with Crippen LogP contribution in [0.2, 0.25) is 0 Å². The molecule has 0 N–H and O–H groups in total. The molecule has 0 aliphatic carbocycles. The molecule has 132 valence electrons. The summed E-state index contributed by atoms with van der Waals surface area (Å²) in [5, 5.41) is 0. The van der Waals surface area contributed by atoms with Crippen molar-refractivity contribution in [2.45, 2.75) is 104 Å². The van der Waals surface area contributed by atoms with Gasteiger partial charge in [0.2, 0.25) is 0 Å². The van der Waals surface area contributed by atoms with E-state index >= 15 is 0 Å². The topological polar surface area (TPSA) is 9.23 Å². The molecule has 0 heterocycles. The summed E-state index contributed by atoms with van der Waals surface area (Å²) in [5.74, 6) is 1.04. The second kappa shape index (κ2) is 13.5. The van der Waals surface area contributed by atoms with Crippen LogP contribution in [-0.4, -0.2) is 6.10 Å². The van der Waals surface area contributed by atoms with Gasteiger partial charge in [-0.1, -0.05) is 82.9 Å². The zero-order valence-corrected chi connectivity index (χ0v) is 15.8. The number of hydrogen-bond acceptors (Lipinski definition) is 1. The highest BCUT2D eigenvalue weighted by Gasteiger charge is 2.10. The van der Waals surface area contributed by atoms with E-state index in [4.69, 9.17) is 4.74 Å². The van der Waals surface area contributed by atoms with Gasteiger partial charge in [-0.15, -0.1) is 0 Å². The van der Waals surface area contributed by atoms with Crippen LogP contribution in [0.4, 0.5) is 0 Å². The number of rotatable bonds is 14. The van der Waals surface area contributed by atoms with E-state index in [1.54, 1.807) is 0 Å². The molecule has 0 fully saturated rings. The average molecular weight is 319 g/mol. The highest BCUT2D eigenvalue weighted by molar-refractivity contribution is 5.26. The highest BCUT2D eigenvalue weighted by Crippen LogP contribution is 2.20. The van der Waals surface area contributed by atoms with E-state index in [0.29, 0.717) is 6.10 Å². The van der Waals surface area contributed by atoms with Gasteiger partial charge in [0.1, 0.15) is 5.75 Å². The molecule has 0 aromatic heterocycles. The van der Waals surface area contributed by atoms with E-state index in [0.717, 1.165) is 5.75 Å². The van der Waals surface area contributed by atoms with Gasteiger partial charge in [-0.05, 0) is 44.7 Å². The second-order valence-electron chi connectivity index (χ2n) is 6.96. The number of aryl methyl sites for hydroxylation is 1. The Hall–Kier alpha value is -0.980. The van der Waals surface area contributed by atoms with Gasteiger partial charge in [0.05, 0.1) is 6.10 Å². The fourth-order valence-corrected chi connectivity index (χ4v) is 3.02. The van der Waals surface area contributed by atoms with Gasteiger partial charge in [-0.2, -0.15) is 0 Å². The van der Waals surface area contributed by atoms with Gasteiger partial charge >= 0.3 is 0 Å². The monoisotopic (exact) mass is 318 g/mol. The van der Waals surface area contributed by atoms with Gasteiger partial charge in [0.25, 0.3) is 0 Å². The van der Waals surface area contributed by atoms with Crippen molar-refractivity contribution in [1.29, 1.82) is 0 Å². The van der Waals surface area contributed by atoms with E-state index in [9.17, 15) is 0 Å². The Morgan fingerprint density at radius 3 is 1.74 bits per heavy atom. The lowest BCUT2D eigenvalue weighted by Gasteiger charge is -2.19. The van der Waals surface area contributed by atoms with Crippen LogP contribution < -0.4 is 4.74 Å². The molecule has 1 nitrogen and oxygen atoms in total. The lowest BCUT2D eigenvalue weighted by atomic mass is 10.0. The Kier molecular flexibility index (Phi) is 11.7. The summed E-state index contributed by atoms with van der Waals surface area (Å²) in [6.45, 7) is 6.68. The van der Waals surface area contributed by atoms with Crippen molar-refractivity contribution in [2.24, 2.45) is 0 Å². The summed E-state index contributed by atoms with van der Waals surface area (Å²) in [4.78, 5) is 0. The molecule has 1 aromatic rings. The second-order valence-corrected chi connectivity index (χ2v) is 6.96. The molecule has 1 unspecified atom stereocenters. The molecular formula is C22H38O. The maximum atomic E-state index is 6.28. The zero-order chi connectivity index (χ0) is 16.8. The molecule has 1 rings (SSSR count). The summed E-state index contributed by atoms with van der Waals surface area (Å²) < 4.78 is 6.28. The summed E-state index contributed by atoms with van der Waals surface area (Å²) >= 11 is 0. The highest BCUT2D eigenvalue weighted by atomic mass is 16.5. The van der Waals surface area contributed by atoms with Gasteiger partial charge in [0, 0.05) is 0 Å². The Morgan fingerprint density at radius 1 is 0.696 bits per heavy atom. The van der Waals surface area contributed by atoms with Crippen LogP contribution in [0, 0.1) is 6.92 Å². The first-order valence-electron chi connectivity index (χ1n) is 9.99. The van der Waals surface area contributed by atoms with Crippen LogP contribution >= 0.6 is 0 Å². The van der Waals surface area contributed by atoms with Gasteiger partial charge in [-0.25, -0.2) is 0 Å². The molecule has 0 aliphatic heterocycles. The maximum Gasteiger partial charge on any atom is 0.119 e. The van der Waals surface area contributed by atoms with Crippen molar-refractivity contribution >= 4 is 0 Å². The molecule has 0 bridgehead atoms. The standard InChI is InChI=1S/C22H38O/c1-4-6-8-10-11-13-15-21(14-12-9-7-5-2)23-22-18-16-20(3)17-19-22/h16-19,21H,4-15H2,1-3H3. The van der Waals surface area contributed by atoms with Crippen LogP contribution in [-0.2, 0) is 0 Å². The number of unbranched alkanes of at least 4 members (excludes halogenated alkanes) is 8. The molecule has 0 saturated heterocycles. The van der Waals surface area contributed by atoms with Crippen LogP contribution in [0.1, 0.15) is 96.5 Å². The Morgan fingerprint density at radius 2 is 1.17 bits per heavy atom. The molecular weight excluding hydrogens is 280 g/mol. The minimum Gasteiger partial charge on any atom is -0.490 e. The third kappa shape index (κ3) is 10.4. The van der Waals surface area contributed by atoms with Crippen molar-refractivity contribution in [3.8, 4) is 5.75 Å². The van der Waals surface area contributed by atoms with Crippen molar-refractivity contribution in [2.75, 3.05) is 0 Å². The number of hydrogen-bond donors (Lipinski definition) is 0. The van der Waals surface area contributed by atoms with Crippen LogP contribution in [0.5, 0.6) is 5.75 Å². The molecule has 1 heteroatoms. The lowest BCUT2D eigenvalue weighted by molar-refractivity contribution is 0.172. The summed E-state index contributed by atoms with van der Waals surface area (Å²) in [6, 6.07) is 8.54. The summed E-state index contributed by atoms with van der Waals surface area (Å²) in [5.41, 5.74) is 1.30. The van der Waals surface area contributed by atoms with Gasteiger partial charge < -0.3 is 4.74 Å². The van der Waals surface area contributed by atoms with E-state index in [2.05, 4.69) is 45.0 Å². The van der Waals surface area contributed by atoms with E-state index in [-0.39, 0.29) is 0 Å².